The summed E-state index contributed by atoms with van der Waals surface area (Å²) in [6, 6.07) is 2.62. The van der Waals surface area contributed by atoms with Crippen LogP contribution >= 0.6 is 0 Å². The zero-order chi connectivity index (χ0) is 12.3. The van der Waals surface area contributed by atoms with Crippen molar-refractivity contribution in [2.45, 2.75) is 13.1 Å². The Hall–Kier alpha value is -1.72. The summed E-state index contributed by atoms with van der Waals surface area (Å²) in [5.41, 5.74) is 3.78. The number of hydrogen-bond donors (Lipinski definition) is 1. The topological polar surface area (TPSA) is 52.3 Å². The lowest BCUT2D eigenvalue weighted by atomic mass is 10.1. The predicted octanol–water partition coefficient (Wildman–Crippen LogP) is 2.20. The largest absolute Gasteiger partial charge is 0.493 e. The second-order valence-electron chi connectivity index (χ2n) is 3.01. The van der Waals surface area contributed by atoms with Gasteiger partial charge in [0.05, 0.1) is 17.7 Å². The Morgan fingerprint density at radius 1 is 1.44 bits per heavy atom. The highest BCUT2D eigenvalue weighted by Gasteiger charge is 2.31. The normalized spacial score (nSPS) is 11.2. The van der Waals surface area contributed by atoms with Crippen LogP contribution in [0.25, 0.3) is 0 Å². The third-order valence-corrected chi connectivity index (χ3v) is 1.87. The number of benzene rings is 1. The number of amides is 1. The lowest BCUT2D eigenvalue weighted by molar-refractivity contribution is -0.137. The van der Waals surface area contributed by atoms with Gasteiger partial charge in [-0.3, -0.25) is 4.79 Å². The first-order valence-electron chi connectivity index (χ1n) is 4.50. The summed E-state index contributed by atoms with van der Waals surface area (Å²) < 4.78 is 42.1. The molecular weight excluding hydrogens is 223 g/mol. The van der Waals surface area contributed by atoms with Gasteiger partial charge < -0.3 is 10.5 Å². The van der Waals surface area contributed by atoms with Gasteiger partial charge in [0.2, 0.25) is 0 Å². The van der Waals surface area contributed by atoms with Gasteiger partial charge in [-0.1, -0.05) is 0 Å². The fourth-order valence-corrected chi connectivity index (χ4v) is 1.18. The van der Waals surface area contributed by atoms with Crippen molar-refractivity contribution in [3.8, 4) is 5.75 Å². The predicted molar refractivity (Wildman–Crippen MR) is 51.1 cm³/mol. The minimum Gasteiger partial charge on any atom is -0.493 e. The quantitative estimate of drug-likeness (QED) is 0.870. The van der Waals surface area contributed by atoms with E-state index in [1.807, 2.05) is 0 Å². The molecule has 0 aromatic heterocycles. The molecule has 0 aliphatic carbocycles. The molecule has 3 nitrogen and oxygen atoms in total. The van der Waals surface area contributed by atoms with Gasteiger partial charge in [0.25, 0.3) is 5.91 Å². The van der Waals surface area contributed by atoms with Crippen LogP contribution in [0.4, 0.5) is 13.2 Å². The minimum absolute atomic E-state index is 0.0583. The molecule has 0 radical (unpaired) electrons. The van der Waals surface area contributed by atoms with Gasteiger partial charge in [-0.25, -0.2) is 0 Å². The van der Waals surface area contributed by atoms with E-state index >= 15 is 0 Å². The summed E-state index contributed by atoms with van der Waals surface area (Å²) >= 11 is 0. The van der Waals surface area contributed by atoms with Gasteiger partial charge in [0.1, 0.15) is 5.75 Å². The molecule has 1 rings (SSSR count). The van der Waals surface area contributed by atoms with Crippen LogP contribution in [-0.4, -0.2) is 12.5 Å². The molecule has 1 amide bonds. The van der Waals surface area contributed by atoms with E-state index in [1.165, 1.54) is 0 Å². The molecule has 88 valence electrons. The summed E-state index contributed by atoms with van der Waals surface area (Å²) in [4.78, 5) is 11.0. The monoisotopic (exact) mass is 233 g/mol. The summed E-state index contributed by atoms with van der Waals surface area (Å²) in [7, 11) is 0. The van der Waals surface area contributed by atoms with Crippen LogP contribution in [0.15, 0.2) is 18.2 Å². The summed E-state index contributed by atoms with van der Waals surface area (Å²) in [5, 5.41) is 0. The van der Waals surface area contributed by atoms with Crippen LogP contribution in [0.1, 0.15) is 22.8 Å². The van der Waals surface area contributed by atoms with E-state index in [0.29, 0.717) is 6.07 Å². The van der Waals surface area contributed by atoms with Gasteiger partial charge >= 0.3 is 6.18 Å². The number of hydrogen-bond acceptors (Lipinski definition) is 2. The molecule has 0 bridgehead atoms. The van der Waals surface area contributed by atoms with E-state index < -0.39 is 17.6 Å². The van der Waals surface area contributed by atoms with Crippen molar-refractivity contribution >= 4 is 5.91 Å². The van der Waals surface area contributed by atoms with Crippen molar-refractivity contribution < 1.29 is 22.7 Å². The van der Waals surface area contributed by atoms with E-state index in [9.17, 15) is 18.0 Å². The van der Waals surface area contributed by atoms with Gasteiger partial charge in [0, 0.05) is 0 Å². The van der Waals surface area contributed by atoms with Gasteiger partial charge in [-0.05, 0) is 25.1 Å². The lowest BCUT2D eigenvalue weighted by Gasteiger charge is -2.11. The Kier molecular flexibility index (Phi) is 3.41. The molecule has 0 unspecified atom stereocenters. The van der Waals surface area contributed by atoms with Crippen LogP contribution in [0.5, 0.6) is 5.75 Å². The first-order valence-corrected chi connectivity index (χ1v) is 4.50. The van der Waals surface area contributed by atoms with Crippen molar-refractivity contribution in [1.82, 2.24) is 0 Å². The number of halogens is 3. The molecule has 0 heterocycles. The van der Waals surface area contributed by atoms with Crippen molar-refractivity contribution in [3.63, 3.8) is 0 Å². The number of rotatable bonds is 3. The number of ether oxygens (including phenoxy) is 1. The van der Waals surface area contributed by atoms with Crippen LogP contribution in [-0.2, 0) is 6.18 Å². The Morgan fingerprint density at radius 2 is 2.06 bits per heavy atom. The van der Waals surface area contributed by atoms with Crippen molar-refractivity contribution in [1.29, 1.82) is 0 Å². The second kappa shape index (κ2) is 4.42. The molecule has 0 fully saturated rings. The maximum absolute atomic E-state index is 12.4. The molecular formula is C10H10F3NO2. The molecule has 1 aromatic rings. The number of primary amides is 1. The molecule has 1 aromatic carbocycles. The van der Waals surface area contributed by atoms with Crippen LogP contribution in [0.3, 0.4) is 0 Å². The molecule has 0 aliphatic rings. The average molecular weight is 233 g/mol. The van der Waals surface area contributed by atoms with Crippen molar-refractivity contribution in [3.05, 3.63) is 29.3 Å². The highest BCUT2D eigenvalue weighted by atomic mass is 19.4. The zero-order valence-electron chi connectivity index (χ0n) is 8.47. The number of alkyl halides is 3. The molecule has 0 atom stereocenters. The number of nitrogens with two attached hydrogens (primary N) is 1. The van der Waals surface area contributed by atoms with E-state index in [-0.39, 0.29) is 17.9 Å². The summed E-state index contributed by atoms with van der Waals surface area (Å²) in [6.45, 7) is 1.90. The molecule has 0 aliphatic heterocycles. The Balaban J connectivity index is 3.23. The molecule has 0 saturated carbocycles. The highest BCUT2D eigenvalue weighted by molar-refractivity contribution is 5.95. The van der Waals surface area contributed by atoms with Crippen molar-refractivity contribution in [2.24, 2.45) is 5.73 Å². The van der Waals surface area contributed by atoms with E-state index in [0.717, 1.165) is 12.1 Å². The molecule has 16 heavy (non-hydrogen) atoms. The molecule has 0 saturated heterocycles. The molecule has 0 spiro atoms. The number of carbonyl (C=O) groups excluding carboxylic acids is 1. The standard InChI is InChI=1S/C10H10F3NO2/c1-2-16-8-4-3-6(10(11,12)13)5-7(8)9(14)15/h3-5H,2H2,1H3,(H2,14,15). The smallest absolute Gasteiger partial charge is 0.416 e. The van der Waals surface area contributed by atoms with E-state index in [2.05, 4.69) is 0 Å². The third kappa shape index (κ3) is 2.65. The van der Waals surface area contributed by atoms with Gasteiger partial charge in [-0.2, -0.15) is 13.2 Å². The molecule has 2 N–H and O–H groups in total. The van der Waals surface area contributed by atoms with E-state index in [1.54, 1.807) is 6.92 Å². The highest BCUT2D eigenvalue weighted by Crippen LogP contribution is 2.32. The van der Waals surface area contributed by atoms with E-state index in [4.69, 9.17) is 10.5 Å². The second-order valence-corrected chi connectivity index (χ2v) is 3.01. The maximum atomic E-state index is 12.4. The van der Waals surface area contributed by atoms with Crippen LogP contribution in [0.2, 0.25) is 0 Å². The van der Waals surface area contributed by atoms with Gasteiger partial charge in [-0.15, -0.1) is 0 Å². The Labute approximate surface area is 90.0 Å². The lowest BCUT2D eigenvalue weighted by Crippen LogP contribution is -2.15. The maximum Gasteiger partial charge on any atom is 0.416 e. The first-order chi connectivity index (χ1) is 7.36. The summed E-state index contributed by atoms with van der Waals surface area (Å²) in [5.74, 6) is -0.891. The SMILES string of the molecule is CCOc1ccc(C(F)(F)F)cc1C(N)=O. The number of carbonyl (C=O) groups is 1. The van der Waals surface area contributed by atoms with Crippen LogP contribution < -0.4 is 10.5 Å². The minimum atomic E-state index is -4.51. The average Bonchev–Trinajstić information content (AvgIpc) is 2.16. The van der Waals surface area contributed by atoms with Crippen molar-refractivity contribution in [2.75, 3.05) is 6.61 Å². The fraction of sp³-hybridized carbons (Fsp3) is 0.300. The zero-order valence-corrected chi connectivity index (χ0v) is 8.47. The molecule has 6 heteroatoms. The van der Waals surface area contributed by atoms with Gasteiger partial charge in [0.15, 0.2) is 0 Å². The first kappa shape index (κ1) is 12.4. The fourth-order valence-electron chi connectivity index (χ4n) is 1.18. The van der Waals surface area contributed by atoms with Crippen LogP contribution in [0, 0.1) is 0 Å². The Morgan fingerprint density at radius 3 is 2.50 bits per heavy atom. The Bertz CT molecular complexity index is 402. The summed E-state index contributed by atoms with van der Waals surface area (Å²) in [6.07, 6.45) is -4.51. The third-order valence-electron chi connectivity index (χ3n) is 1.87.